The maximum absolute atomic E-state index is 6.05. The van der Waals surface area contributed by atoms with E-state index in [2.05, 4.69) is 28.8 Å². The van der Waals surface area contributed by atoms with Gasteiger partial charge in [-0.3, -0.25) is 0 Å². The molecule has 0 bridgehead atoms. The second-order valence-corrected chi connectivity index (χ2v) is 5.32. The molecule has 98 valence electrons. The number of hydrogen-bond donors (Lipinski definition) is 2. The van der Waals surface area contributed by atoms with E-state index >= 15 is 0 Å². The highest BCUT2D eigenvalue weighted by molar-refractivity contribution is 5.63. The van der Waals surface area contributed by atoms with Crippen molar-refractivity contribution in [3.63, 3.8) is 0 Å². The van der Waals surface area contributed by atoms with Gasteiger partial charge in [-0.1, -0.05) is 12.1 Å². The van der Waals surface area contributed by atoms with Gasteiger partial charge in [-0.15, -0.1) is 0 Å². The van der Waals surface area contributed by atoms with Crippen LogP contribution in [0.25, 0.3) is 0 Å². The number of ether oxygens (including phenoxy) is 1. The number of fused-ring (bicyclic) bond motifs is 1. The van der Waals surface area contributed by atoms with Crippen LogP contribution in [0.5, 0.6) is 5.75 Å². The second kappa shape index (κ2) is 5.61. The molecule has 1 saturated heterocycles. The van der Waals surface area contributed by atoms with Crippen molar-refractivity contribution in [1.29, 1.82) is 0 Å². The minimum absolute atomic E-state index is 0.714. The van der Waals surface area contributed by atoms with Gasteiger partial charge in [0.05, 0.1) is 12.3 Å². The van der Waals surface area contributed by atoms with Crippen molar-refractivity contribution < 1.29 is 4.74 Å². The minimum atomic E-state index is 0.714. The Balaban J connectivity index is 1.65. The summed E-state index contributed by atoms with van der Waals surface area (Å²) in [5.74, 6) is 1.76. The number of aryl methyl sites for hydroxylation is 1. The van der Waals surface area contributed by atoms with Crippen LogP contribution in [0, 0.1) is 5.92 Å². The fourth-order valence-corrected chi connectivity index (χ4v) is 2.85. The number of nitrogens with one attached hydrogen (secondary N) is 2. The van der Waals surface area contributed by atoms with Gasteiger partial charge in [0.1, 0.15) is 5.75 Å². The molecule has 1 aromatic rings. The summed E-state index contributed by atoms with van der Waals surface area (Å²) in [7, 11) is 0. The van der Waals surface area contributed by atoms with Crippen molar-refractivity contribution in [2.24, 2.45) is 5.92 Å². The molecule has 0 spiro atoms. The average molecular weight is 246 g/mol. The molecule has 0 aliphatic carbocycles. The molecule has 2 N–H and O–H groups in total. The Hall–Kier alpha value is -1.22. The first-order valence-corrected chi connectivity index (χ1v) is 7.13. The molecule has 3 heteroatoms. The standard InChI is InChI=1S/C15H22N2O/c1-3-13-4-2-8-17-15(13)14(5-1)18-11-12-6-9-16-10-7-12/h1,3,5,12,16-17H,2,4,6-11H2. The molecular formula is C15H22N2O. The van der Waals surface area contributed by atoms with Crippen molar-refractivity contribution in [3.05, 3.63) is 23.8 Å². The lowest BCUT2D eigenvalue weighted by molar-refractivity contribution is 0.216. The SMILES string of the molecule is c1cc2c(c(OCC3CCNCC3)c1)NCCC2. The van der Waals surface area contributed by atoms with Crippen LogP contribution < -0.4 is 15.4 Å². The average Bonchev–Trinajstić information content (AvgIpc) is 2.46. The Kier molecular flexibility index (Phi) is 3.69. The van der Waals surface area contributed by atoms with Crippen LogP contribution >= 0.6 is 0 Å². The molecule has 0 amide bonds. The molecule has 0 atom stereocenters. The molecule has 3 nitrogen and oxygen atoms in total. The van der Waals surface area contributed by atoms with Crippen LogP contribution in [0.2, 0.25) is 0 Å². The van der Waals surface area contributed by atoms with E-state index in [9.17, 15) is 0 Å². The first-order chi connectivity index (χ1) is 8.93. The summed E-state index contributed by atoms with van der Waals surface area (Å²) < 4.78 is 6.05. The maximum Gasteiger partial charge on any atom is 0.142 e. The van der Waals surface area contributed by atoms with E-state index < -0.39 is 0 Å². The van der Waals surface area contributed by atoms with Gasteiger partial charge >= 0.3 is 0 Å². The molecule has 0 aromatic heterocycles. The van der Waals surface area contributed by atoms with Gasteiger partial charge in [0.2, 0.25) is 0 Å². The minimum Gasteiger partial charge on any atom is -0.491 e. The summed E-state index contributed by atoms with van der Waals surface area (Å²) in [5, 5.41) is 6.88. The van der Waals surface area contributed by atoms with Gasteiger partial charge in [-0.25, -0.2) is 0 Å². The van der Waals surface area contributed by atoms with Crippen LogP contribution in [0.3, 0.4) is 0 Å². The van der Waals surface area contributed by atoms with E-state index in [0.29, 0.717) is 5.92 Å². The zero-order valence-electron chi connectivity index (χ0n) is 10.9. The van der Waals surface area contributed by atoms with E-state index in [0.717, 1.165) is 32.0 Å². The molecular weight excluding hydrogens is 224 g/mol. The highest BCUT2D eigenvalue weighted by Gasteiger charge is 2.16. The van der Waals surface area contributed by atoms with Crippen LogP contribution in [0.4, 0.5) is 5.69 Å². The van der Waals surface area contributed by atoms with Gasteiger partial charge in [0.15, 0.2) is 0 Å². The predicted molar refractivity (Wildman–Crippen MR) is 74.3 cm³/mol. The summed E-state index contributed by atoms with van der Waals surface area (Å²) >= 11 is 0. The molecule has 3 rings (SSSR count). The highest BCUT2D eigenvalue weighted by Crippen LogP contribution is 2.32. The number of hydrogen-bond acceptors (Lipinski definition) is 3. The first kappa shape index (κ1) is 11.8. The highest BCUT2D eigenvalue weighted by atomic mass is 16.5. The van der Waals surface area contributed by atoms with Crippen molar-refractivity contribution in [2.75, 3.05) is 31.6 Å². The van der Waals surface area contributed by atoms with Crippen LogP contribution in [-0.2, 0) is 6.42 Å². The van der Waals surface area contributed by atoms with E-state index in [4.69, 9.17) is 4.74 Å². The molecule has 18 heavy (non-hydrogen) atoms. The Morgan fingerprint density at radius 2 is 2.06 bits per heavy atom. The van der Waals surface area contributed by atoms with E-state index in [-0.39, 0.29) is 0 Å². The first-order valence-electron chi connectivity index (χ1n) is 7.13. The lowest BCUT2D eigenvalue weighted by Gasteiger charge is -2.25. The molecule has 2 aliphatic rings. The molecule has 0 saturated carbocycles. The van der Waals surface area contributed by atoms with E-state index in [1.54, 1.807) is 0 Å². The topological polar surface area (TPSA) is 33.3 Å². The fraction of sp³-hybridized carbons (Fsp3) is 0.600. The molecule has 2 heterocycles. The molecule has 1 aromatic carbocycles. The summed E-state index contributed by atoms with van der Waals surface area (Å²) in [6, 6.07) is 6.42. The van der Waals surface area contributed by atoms with Gasteiger partial charge in [0, 0.05) is 6.54 Å². The number of piperidine rings is 1. The lowest BCUT2D eigenvalue weighted by Crippen LogP contribution is -2.30. The number of anilines is 1. The summed E-state index contributed by atoms with van der Waals surface area (Å²) in [4.78, 5) is 0. The molecule has 2 aliphatic heterocycles. The third kappa shape index (κ3) is 2.61. The van der Waals surface area contributed by atoms with Crippen molar-refractivity contribution in [2.45, 2.75) is 25.7 Å². The fourth-order valence-electron chi connectivity index (χ4n) is 2.85. The Morgan fingerprint density at radius 1 is 1.17 bits per heavy atom. The van der Waals surface area contributed by atoms with Crippen molar-refractivity contribution >= 4 is 5.69 Å². The molecule has 1 fully saturated rings. The largest absolute Gasteiger partial charge is 0.491 e. The van der Waals surface area contributed by atoms with Crippen LogP contribution in [0.1, 0.15) is 24.8 Å². The lowest BCUT2D eigenvalue weighted by atomic mass is 9.99. The monoisotopic (exact) mass is 246 g/mol. The number of benzene rings is 1. The van der Waals surface area contributed by atoms with Crippen LogP contribution in [-0.4, -0.2) is 26.2 Å². The van der Waals surface area contributed by atoms with Gasteiger partial charge < -0.3 is 15.4 Å². The summed E-state index contributed by atoms with van der Waals surface area (Å²) in [6.07, 6.45) is 4.88. The quantitative estimate of drug-likeness (QED) is 0.859. The maximum atomic E-state index is 6.05. The van der Waals surface area contributed by atoms with Crippen molar-refractivity contribution in [1.82, 2.24) is 5.32 Å². The van der Waals surface area contributed by atoms with E-state index in [1.165, 1.54) is 36.9 Å². The van der Waals surface area contributed by atoms with Gasteiger partial charge in [-0.05, 0) is 56.3 Å². The Bertz CT molecular complexity index is 399. The van der Waals surface area contributed by atoms with Crippen LogP contribution in [0.15, 0.2) is 18.2 Å². The van der Waals surface area contributed by atoms with E-state index in [1.807, 2.05) is 0 Å². The second-order valence-electron chi connectivity index (χ2n) is 5.32. The smallest absolute Gasteiger partial charge is 0.142 e. The van der Waals surface area contributed by atoms with Gasteiger partial charge in [0.25, 0.3) is 0 Å². The predicted octanol–water partition coefficient (Wildman–Crippen LogP) is 2.42. The zero-order valence-corrected chi connectivity index (χ0v) is 10.9. The summed E-state index contributed by atoms with van der Waals surface area (Å²) in [6.45, 7) is 4.21. The Morgan fingerprint density at radius 3 is 2.94 bits per heavy atom. The van der Waals surface area contributed by atoms with Gasteiger partial charge in [-0.2, -0.15) is 0 Å². The normalized spacial score (nSPS) is 20.0. The molecule has 0 unspecified atom stereocenters. The molecule has 0 radical (unpaired) electrons. The third-order valence-electron chi connectivity index (χ3n) is 3.97. The summed E-state index contributed by atoms with van der Waals surface area (Å²) in [5.41, 5.74) is 2.64. The number of rotatable bonds is 3. The van der Waals surface area contributed by atoms with Crippen molar-refractivity contribution in [3.8, 4) is 5.75 Å². The third-order valence-corrected chi connectivity index (χ3v) is 3.97. The number of para-hydroxylation sites is 1. The zero-order chi connectivity index (χ0) is 12.2. The Labute approximate surface area is 109 Å².